The van der Waals surface area contributed by atoms with Crippen molar-refractivity contribution in [3.8, 4) is 0 Å². The molecule has 0 fully saturated rings. The highest BCUT2D eigenvalue weighted by Gasteiger charge is 2.15. The average molecular weight is 373 g/mol. The number of hydrogen-bond acceptors (Lipinski definition) is 5. The molecule has 1 N–H and O–H groups in total. The standard InChI is InChI=1S/C12H12IN3O3/c1-7-10(8(2)19-15-7)6-14-11-4-3-9(13)5-12(11)16(17)18/h3-5,14H,6H2,1-2H3. The summed E-state index contributed by atoms with van der Waals surface area (Å²) in [5.41, 5.74) is 2.27. The number of halogens is 1. The van der Waals surface area contributed by atoms with Crippen molar-refractivity contribution >= 4 is 34.0 Å². The van der Waals surface area contributed by atoms with Crippen LogP contribution in [0.2, 0.25) is 0 Å². The number of nitro groups is 1. The van der Waals surface area contributed by atoms with E-state index < -0.39 is 4.92 Å². The average Bonchev–Trinajstić information content (AvgIpc) is 2.68. The van der Waals surface area contributed by atoms with Crippen molar-refractivity contribution in [2.75, 3.05) is 5.32 Å². The largest absolute Gasteiger partial charge is 0.375 e. The molecular weight excluding hydrogens is 361 g/mol. The van der Waals surface area contributed by atoms with Gasteiger partial charge in [0, 0.05) is 21.7 Å². The number of benzene rings is 1. The number of aromatic nitrogens is 1. The molecule has 7 heteroatoms. The van der Waals surface area contributed by atoms with Gasteiger partial charge in [0.15, 0.2) is 0 Å². The number of hydrogen-bond donors (Lipinski definition) is 1. The first-order valence-electron chi connectivity index (χ1n) is 5.58. The molecule has 1 aromatic heterocycles. The summed E-state index contributed by atoms with van der Waals surface area (Å²) in [6.45, 7) is 4.11. The predicted octanol–water partition coefficient (Wildman–Crippen LogP) is 3.42. The molecule has 2 rings (SSSR count). The van der Waals surface area contributed by atoms with E-state index in [1.807, 2.05) is 42.5 Å². The van der Waals surface area contributed by atoms with Gasteiger partial charge in [-0.1, -0.05) is 5.16 Å². The minimum Gasteiger partial charge on any atom is -0.375 e. The first-order valence-corrected chi connectivity index (χ1v) is 6.66. The summed E-state index contributed by atoms with van der Waals surface area (Å²) in [4.78, 5) is 10.6. The Kier molecular flexibility index (Phi) is 4.03. The lowest BCUT2D eigenvalue weighted by molar-refractivity contribution is -0.384. The Balaban J connectivity index is 2.23. The Morgan fingerprint density at radius 2 is 2.21 bits per heavy atom. The lowest BCUT2D eigenvalue weighted by Gasteiger charge is -2.07. The zero-order chi connectivity index (χ0) is 14.0. The zero-order valence-electron chi connectivity index (χ0n) is 10.4. The molecule has 0 unspecified atom stereocenters. The van der Waals surface area contributed by atoms with Crippen LogP contribution in [-0.2, 0) is 6.54 Å². The lowest BCUT2D eigenvalue weighted by Crippen LogP contribution is -2.04. The van der Waals surface area contributed by atoms with Gasteiger partial charge in [0.1, 0.15) is 11.4 Å². The van der Waals surface area contributed by atoms with E-state index in [0.717, 1.165) is 20.6 Å². The second-order valence-electron chi connectivity index (χ2n) is 4.07. The van der Waals surface area contributed by atoms with E-state index in [9.17, 15) is 10.1 Å². The Morgan fingerprint density at radius 3 is 2.79 bits per heavy atom. The Labute approximate surface area is 123 Å². The van der Waals surface area contributed by atoms with Gasteiger partial charge in [-0.3, -0.25) is 10.1 Å². The van der Waals surface area contributed by atoms with Crippen LogP contribution in [0.1, 0.15) is 17.0 Å². The van der Waals surface area contributed by atoms with E-state index in [1.54, 1.807) is 6.07 Å². The van der Waals surface area contributed by atoms with E-state index in [4.69, 9.17) is 4.52 Å². The molecular formula is C12H12IN3O3. The van der Waals surface area contributed by atoms with E-state index >= 15 is 0 Å². The molecule has 19 heavy (non-hydrogen) atoms. The maximum absolute atomic E-state index is 11.0. The van der Waals surface area contributed by atoms with Crippen molar-refractivity contribution in [3.05, 3.63) is 48.9 Å². The first kappa shape index (κ1) is 13.8. The van der Waals surface area contributed by atoms with Gasteiger partial charge in [0.05, 0.1) is 10.6 Å². The van der Waals surface area contributed by atoms with Crippen LogP contribution in [0.4, 0.5) is 11.4 Å². The van der Waals surface area contributed by atoms with Gasteiger partial charge in [-0.15, -0.1) is 0 Å². The summed E-state index contributed by atoms with van der Waals surface area (Å²) in [5, 5.41) is 17.9. The fourth-order valence-corrected chi connectivity index (χ4v) is 2.22. The second-order valence-corrected chi connectivity index (χ2v) is 5.32. The number of anilines is 1. The molecule has 0 saturated heterocycles. The highest BCUT2D eigenvalue weighted by atomic mass is 127. The molecule has 0 saturated carbocycles. The topological polar surface area (TPSA) is 81.2 Å². The molecule has 0 bridgehead atoms. The van der Waals surface area contributed by atoms with E-state index in [-0.39, 0.29) is 5.69 Å². The molecule has 100 valence electrons. The fraction of sp³-hybridized carbons (Fsp3) is 0.250. The fourth-order valence-electron chi connectivity index (χ4n) is 1.74. The van der Waals surface area contributed by atoms with Crippen LogP contribution in [0.3, 0.4) is 0 Å². The van der Waals surface area contributed by atoms with Gasteiger partial charge >= 0.3 is 0 Å². The summed E-state index contributed by atoms with van der Waals surface area (Å²) in [5.74, 6) is 0.721. The molecule has 0 aliphatic heterocycles. The molecule has 0 radical (unpaired) electrons. The number of nitrogens with one attached hydrogen (secondary N) is 1. The number of rotatable bonds is 4. The lowest BCUT2D eigenvalue weighted by atomic mass is 10.2. The highest BCUT2D eigenvalue weighted by Crippen LogP contribution is 2.27. The highest BCUT2D eigenvalue weighted by molar-refractivity contribution is 14.1. The van der Waals surface area contributed by atoms with Gasteiger partial charge in [0.25, 0.3) is 5.69 Å². The van der Waals surface area contributed by atoms with E-state index in [2.05, 4.69) is 10.5 Å². The van der Waals surface area contributed by atoms with E-state index in [1.165, 1.54) is 6.07 Å². The van der Waals surface area contributed by atoms with Crippen molar-refractivity contribution in [2.45, 2.75) is 20.4 Å². The number of aryl methyl sites for hydroxylation is 2. The summed E-state index contributed by atoms with van der Waals surface area (Å²) < 4.78 is 5.88. The molecule has 0 aliphatic rings. The van der Waals surface area contributed by atoms with Gasteiger partial charge in [-0.05, 0) is 48.6 Å². The third-order valence-electron chi connectivity index (χ3n) is 2.79. The van der Waals surface area contributed by atoms with Crippen LogP contribution in [0, 0.1) is 27.5 Å². The van der Waals surface area contributed by atoms with Crippen molar-refractivity contribution < 1.29 is 9.45 Å². The van der Waals surface area contributed by atoms with Gasteiger partial charge in [-0.2, -0.15) is 0 Å². The van der Waals surface area contributed by atoms with Crippen LogP contribution in [0.5, 0.6) is 0 Å². The normalized spacial score (nSPS) is 10.5. The zero-order valence-corrected chi connectivity index (χ0v) is 12.6. The Bertz CT molecular complexity index is 605. The monoisotopic (exact) mass is 373 g/mol. The van der Waals surface area contributed by atoms with Crippen molar-refractivity contribution in [3.63, 3.8) is 0 Å². The van der Waals surface area contributed by atoms with Crippen molar-refractivity contribution in [1.29, 1.82) is 0 Å². The molecule has 6 nitrogen and oxygen atoms in total. The third kappa shape index (κ3) is 3.03. The minimum absolute atomic E-state index is 0.0682. The molecule has 0 aliphatic carbocycles. The van der Waals surface area contributed by atoms with E-state index in [0.29, 0.717) is 12.2 Å². The summed E-state index contributed by atoms with van der Waals surface area (Å²) in [6, 6.07) is 5.07. The molecule has 1 aromatic carbocycles. The van der Waals surface area contributed by atoms with Crippen molar-refractivity contribution in [1.82, 2.24) is 5.16 Å². The SMILES string of the molecule is Cc1noc(C)c1CNc1ccc(I)cc1[N+](=O)[O-]. The second kappa shape index (κ2) is 5.55. The maximum Gasteiger partial charge on any atom is 0.293 e. The van der Waals surface area contributed by atoms with Crippen molar-refractivity contribution in [2.24, 2.45) is 0 Å². The van der Waals surface area contributed by atoms with Gasteiger partial charge < -0.3 is 9.84 Å². The minimum atomic E-state index is -0.391. The Morgan fingerprint density at radius 1 is 1.47 bits per heavy atom. The third-order valence-corrected chi connectivity index (χ3v) is 3.46. The first-order chi connectivity index (χ1) is 8.99. The summed E-state index contributed by atoms with van der Waals surface area (Å²) in [7, 11) is 0. The molecule has 0 spiro atoms. The predicted molar refractivity (Wildman–Crippen MR) is 79.1 cm³/mol. The van der Waals surface area contributed by atoms with Crippen LogP contribution in [0.15, 0.2) is 22.7 Å². The molecule has 0 amide bonds. The molecule has 0 atom stereocenters. The quantitative estimate of drug-likeness (QED) is 0.505. The number of nitrogens with zero attached hydrogens (tertiary/aromatic N) is 2. The van der Waals surface area contributed by atoms with Crippen LogP contribution >= 0.6 is 22.6 Å². The number of nitro benzene ring substituents is 1. The summed E-state index contributed by atoms with van der Waals surface area (Å²) in [6.07, 6.45) is 0. The Hall–Kier alpha value is -1.64. The van der Waals surface area contributed by atoms with Gasteiger partial charge in [0.2, 0.25) is 0 Å². The molecule has 2 aromatic rings. The smallest absolute Gasteiger partial charge is 0.293 e. The maximum atomic E-state index is 11.0. The van der Waals surface area contributed by atoms with Crippen LogP contribution in [-0.4, -0.2) is 10.1 Å². The van der Waals surface area contributed by atoms with Crippen LogP contribution in [0.25, 0.3) is 0 Å². The summed E-state index contributed by atoms with van der Waals surface area (Å²) >= 11 is 2.05. The van der Waals surface area contributed by atoms with Crippen LogP contribution < -0.4 is 5.32 Å². The van der Waals surface area contributed by atoms with Gasteiger partial charge in [-0.25, -0.2) is 0 Å². The molecule has 1 heterocycles.